The summed E-state index contributed by atoms with van der Waals surface area (Å²) >= 11 is 0. The third kappa shape index (κ3) is 4.76. The number of methoxy groups -OCH3 is 2. The first kappa shape index (κ1) is 25.5. The van der Waals surface area contributed by atoms with Gasteiger partial charge in [-0.2, -0.15) is 5.10 Å². The molecule has 3 amide bonds. The zero-order valence-electron chi connectivity index (χ0n) is 21.4. The maximum atomic E-state index is 13.5. The van der Waals surface area contributed by atoms with Gasteiger partial charge in [0.25, 0.3) is 11.8 Å². The highest BCUT2D eigenvalue weighted by Crippen LogP contribution is 2.31. The van der Waals surface area contributed by atoms with E-state index in [-0.39, 0.29) is 36.6 Å². The van der Waals surface area contributed by atoms with E-state index in [9.17, 15) is 14.4 Å². The quantitative estimate of drug-likeness (QED) is 0.550. The zero-order chi connectivity index (χ0) is 25.9. The number of nitrogens with one attached hydrogen (secondary N) is 2. The Morgan fingerprint density at radius 3 is 2.61 bits per heavy atom. The van der Waals surface area contributed by atoms with Crippen LogP contribution in [0.15, 0.2) is 24.3 Å². The largest absolute Gasteiger partial charge is 0.493 e. The van der Waals surface area contributed by atoms with Crippen LogP contribution in [0.1, 0.15) is 72.5 Å². The Balaban J connectivity index is 1.54. The topological polar surface area (TPSA) is 115 Å². The molecule has 1 aliphatic carbocycles. The fourth-order valence-corrected chi connectivity index (χ4v) is 5.10. The summed E-state index contributed by atoms with van der Waals surface area (Å²) in [7, 11) is 3.09. The van der Waals surface area contributed by atoms with Gasteiger partial charge in [0.15, 0.2) is 17.2 Å². The molecule has 0 saturated heterocycles. The molecule has 194 valence electrons. The molecule has 4 rings (SSSR count). The average molecular weight is 498 g/mol. The second kappa shape index (κ2) is 10.6. The Bertz CT molecular complexity index is 1140. The lowest BCUT2D eigenvalue weighted by Crippen LogP contribution is -2.65. The van der Waals surface area contributed by atoms with Crippen LogP contribution in [-0.2, 0) is 17.9 Å². The number of amides is 3. The second-order valence-electron chi connectivity index (χ2n) is 9.59. The molecule has 0 bridgehead atoms. The fourth-order valence-electron chi connectivity index (χ4n) is 5.10. The van der Waals surface area contributed by atoms with Crippen LogP contribution in [0.4, 0.5) is 0 Å². The van der Waals surface area contributed by atoms with E-state index in [1.807, 2.05) is 19.1 Å². The summed E-state index contributed by atoms with van der Waals surface area (Å²) in [6.07, 6.45) is 4.82. The van der Waals surface area contributed by atoms with Crippen molar-refractivity contribution in [2.75, 3.05) is 20.8 Å². The van der Waals surface area contributed by atoms with Gasteiger partial charge in [-0.05, 0) is 32.3 Å². The van der Waals surface area contributed by atoms with Crippen molar-refractivity contribution in [1.82, 2.24) is 25.3 Å². The van der Waals surface area contributed by atoms with E-state index in [0.717, 1.165) is 31.2 Å². The number of carbonyl (C=O) groups excluding carboxylic acids is 3. The van der Waals surface area contributed by atoms with Crippen LogP contribution in [0.25, 0.3) is 0 Å². The van der Waals surface area contributed by atoms with Crippen molar-refractivity contribution in [1.29, 1.82) is 0 Å². The molecule has 1 aromatic carbocycles. The number of benzene rings is 1. The molecule has 2 aliphatic rings. The Hall–Kier alpha value is -3.56. The van der Waals surface area contributed by atoms with E-state index in [1.165, 1.54) is 10.7 Å². The van der Waals surface area contributed by atoms with E-state index in [1.54, 1.807) is 32.1 Å². The van der Waals surface area contributed by atoms with Gasteiger partial charge in [-0.3, -0.25) is 19.1 Å². The molecule has 1 aliphatic heterocycles. The molecule has 36 heavy (non-hydrogen) atoms. The van der Waals surface area contributed by atoms with Crippen molar-refractivity contribution in [2.45, 2.75) is 70.6 Å². The molecule has 1 saturated carbocycles. The third-order valence-electron chi connectivity index (χ3n) is 7.08. The minimum Gasteiger partial charge on any atom is -0.493 e. The lowest BCUT2D eigenvalue weighted by atomic mass is 9.94. The molecule has 0 spiro atoms. The summed E-state index contributed by atoms with van der Waals surface area (Å²) < 4.78 is 12.2. The first-order valence-electron chi connectivity index (χ1n) is 12.5. The summed E-state index contributed by atoms with van der Waals surface area (Å²) in [6.45, 7) is 4.57. The van der Waals surface area contributed by atoms with Crippen LogP contribution in [0.3, 0.4) is 0 Å². The van der Waals surface area contributed by atoms with Crippen molar-refractivity contribution in [2.24, 2.45) is 0 Å². The number of hydrogen-bond acceptors (Lipinski definition) is 6. The Morgan fingerprint density at radius 2 is 1.94 bits per heavy atom. The molecule has 1 fully saturated rings. The number of nitrogens with zero attached hydrogens (tertiary/aromatic N) is 3. The minimum absolute atomic E-state index is 0.122. The van der Waals surface area contributed by atoms with E-state index in [2.05, 4.69) is 15.7 Å². The number of carbonyl (C=O) groups is 3. The highest BCUT2D eigenvalue weighted by Gasteiger charge is 2.48. The van der Waals surface area contributed by atoms with Crippen molar-refractivity contribution >= 4 is 17.7 Å². The Kier molecular flexibility index (Phi) is 7.51. The van der Waals surface area contributed by atoms with Crippen LogP contribution >= 0.6 is 0 Å². The van der Waals surface area contributed by atoms with Gasteiger partial charge in [0.2, 0.25) is 5.91 Å². The molecular weight excluding hydrogens is 462 g/mol. The molecule has 0 unspecified atom stereocenters. The molecule has 0 radical (unpaired) electrons. The fraction of sp³-hybridized carbons (Fsp3) is 0.538. The van der Waals surface area contributed by atoms with Crippen LogP contribution in [0.5, 0.6) is 11.5 Å². The Labute approximate surface area is 211 Å². The highest BCUT2D eigenvalue weighted by molar-refractivity contribution is 6.02. The van der Waals surface area contributed by atoms with Gasteiger partial charge in [0.05, 0.1) is 20.8 Å². The lowest BCUT2D eigenvalue weighted by Gasteiger charge is -2.43. The number of aromatic nitrogens is 2. The maximum absolute atomic E-state index is 13.5. The van der Waals surface area contributed by atoms with Crippen molar-refractivity contribution < 1.29 is 23.9 Å². The molecule has 2 N–H and O–H groups in total. The van der Waals surface area contributed by atoms with Crippen molar-refractivity contribution in [3.05, 3.63) is 41.2 Å². The van der Waals surface area contributed by atoms with Crippen molar-refractivity contribution in [3.63, 3.8) is 0 Å². The predicted molar refractivity (Wildman–Crippen MR) is 133 cm³/mol. The van der Waals surface area contributed by atoms with Crippen molar-refractivity contribution in [3.8, 4) is 11.5 Å². The highest BCUT2D eigenvalue weighted by atomic mass is 16.5. The van der Waals surface area contributed by atoms with Gasteiger partial charge in [-0.1, -0.05) is 31.9 Å². The van der Waals surface area contributed by atoms with Gasteiger partial charge in [0.1, 0.15) is 11.2 Å². The van der Waals surface area contributed by atoms with E-state index in [4.69, 9.17) is 9.47 Å². The molecule has 2 aromatic rings. The number of ether oxygens (including phenoxy) is 2. The van der Waals surface area contributed by atoms with Gasteiger partial charge >= 0.3 is 0 Å². The minimum atomic E-state index is -1.09. The second-order valence-corrected chi connectivity index (χ2v) is 9.59. The Morgan fingerprint density at radius 1 is 1.19 bits per heavy atom. The summed E-state index contributed by atoms with van der Waals surface area (Å²) in [4.78, 5) is 41.4. The zero-order valence-corrected chi connectivity index (χ0v) is 21.4. The number of para-hydroxylation sites is 1. The molecule has 10 heteroatoms. The lowest BCUT2D eigenvalue weighted by molar-refractivity contribution is -0.133. The molecule has 1 aromatic heterocycles. The van der Waals surface area contributed by atoms with E-state index in [0.29, 0.717) is 30.2 Å². The first-order valence-corrected chi connectivity index (χ1v) is 12.5. The summed E-state index contributed by atoms with van der Waals surface area (Å²) in [6, 6.07) is 7.07. The standard InChI is InChI=1S/C26H35N5O5/c1-5-13-30-24(33)20-14-19(23(32)27-15-17-9-8-12-21(35-3)22(17)36-4)29-31(20)16-26(30,2)25(34)28-18-10-6-7-11-18/h8-9,12,14,18H,5-7,10-11,13,15-16H2,1-4H3,(H,27,32)(H,28,34)/t26-/m0/s1. The average Bonchev–Trinajstić information content (AvgIpc) is 3.54. The van der Waals surface area contributed by atoms with Gasteiger partial charge in [-0.25, -0.2) is 0 Å². The van der Waals surface area contributed by atoms with Crippen LogP contribution < -0.4 is 20.1 Å². The summed E-state index contributed by atoms with van der Waals surface area (Å²) in [5.74, 6) is 0.215. The van der Waals surface area contributed by atoms with Gasteiger partial charge < -0.3 is 25.0 Å². The van der Waals surface area contributed by atoms with Gasteiger partial charge in [-0.15, -0.1) is 0 Å². The molecule has 1 atom stereocenters. The number of hydrogen-bond donors (Lipinski definition) is 2. The van der Waals surface area contributed by atoms with Gasteiger partial charge in [0, 0.05) is 30.8 Å². The smallest absolute Gasteiger partial charge is 0.273 e. The number of fused-ring (bicyclic) bond motifs is 1. The SMILES string of the molecule is CCCN1C(=O)c2cc(C(=O)NCc3cccc(OC)c3OC)nn2C[C@@]1(C)C(=O)NC1CCCC1. The van der Waals surface area contributed by atoms with Crippen LogP contribution in [0, 0.1) is 0 Å². The molecule has 10 nitrogen and oxygen atoms in total. The third-order valence-corrected chi connectivity index (χ3v) is 7.08. The summed E-state index contributed by atoms with van der Waals surface area (Å²) in [5, 5.41) is 10.4. The first-order chi connectivity index (χ1) is 17.3. The van der Waals surface area contributed by atoms with E-state index >= 15 is 0 Å². The number of rotatable bonds is 9. The van der Waals surface area contributed by atoms with Crippen LogP contribution in [0.2, 0.25) is 0 Å². The monoisotopic (exact) mass is 497 g/mol. The maximum Gasteiger partial charge on any atom is 0.273 e. The normalized spacial score (nSPS) is 19.7. The summed E-state index contributed by atoms with van der Waals surface area (Å²) in [5.41, 5.74) is 0.0856. The molecule has 2 heterocycles. The molecular formula is C26H35N5O5. The van der Waals surface area contributed by atoms with Crippen LogP contribution in [-0.4, -0.2) is 64.7 Å². The predicted octanol–water partition coefficient (Wildman–Crippen LogP) is 2.51. The van der Waals surface area contributed by atoms with E-state index < -0.39 is 11.4 Å².